The molecule has 19 heavy (non-hydrogen) atoms. The summed E-state index contributed by atoms with van der Waals surface area (Å²) in [7, 11) is 0. The zero-order chi connectivity index (χ0) is 13.7. The van der Waals surface area contributed by atoms with Gasteiger partial charge in [-0.05, 0) is 11.5 Å². The van der Waals surface area contributed by atoms with Gasteiger partial charge in [0.15, 0.2) is 0 Å². The highest BCUT2D eigenvalue weighted by molar-refractivity contribution is 5.17. The van der Waals surface area contributed by atoms with Gasteiger partial charge in [-0.1, -0.05) is 44.2 Å². The number of nitrogens with zero attached hydrogens (tertiary/aromatic N) is 2. The summed E-state index contributed by atoms with van der Waals surface area (Å²) in [6, 6.07) is 9.96. The Hall–Kier alpha value is -0.900. The third kappa shape index (κ3) is 4.60. The summed E-state index contributed by atoms with van der Waals surface area (Å²) in [5.74, 6) is 0.737. The van der Waals surface area contributed by atoms with Crippen molar-refractivity contribution in [2.45, 2.75) is 20.0 Å². The maximum atomic E-state index is 10.2. The van der Waals surface area contributed by atoms with E-state index in [9.17, 15) is 5.11 Å². The van der Waals surface area contributed by atoms with E-state index in [0.717, 1.165) is 44.2 Å². The maximum absolute atomic E-state index is 10.2. The van der Waals surface area contributed by atoms with Crippen molar-refractivity contribution < 1.29 is 5.11 Å². The molecule has 3 nitrogen and oxygen atoms in total. The average molecular weight is 262 g/mol. The number of piperazine rings is 1. The molecule has 1 fully saturated rings. The van der Waals surface area contributed by atoms with E-state index in [1.165, 1.54) is 6.54 Å². The molecule has 106 valence electrons. The summed E-state index contributed by atoms with van der Waals surface area (Å²) in [5.41, 5.74) is 1.02. The van der Waals surface area contributed by atoms with Crippen molar-refractivity contribution in [3.8, 4) is 0 Å². The van der Waals surface area contributed by atoms with Gasteiger partial charge in [-0.3, -0.25) is 4.90 Å². The van der Waals surface area contributed by atoms with Crippen LogP contribution in [0, 0.1) is 5.92 Å². The Bertz CT molecular complexity index is 358. The van der Waals surface area contributed by atoms with Gasteiger partial charge in [0.25, 0.3) is 0 Å². The highest BCUT2D eigenvalue weighted by Gasteiger charge is 2.20. The summed E-state index contributed by atoms with van der Waals surface area (Å²) >= 11 is 0. The van der Waals surface area contributed by atoms with Crippen LogP contribution in [0.1, 0.15) is 25.5 Å². The van der Waals surface area contributed by atoms with Crippen molar-refractivity contribution in [3.05, 3.63) is 35.9 Å². The molecule has 1 aromatic rings. The SMILES string of the molecule is CC(C)CN1CCN(C[C@H](O)c2ccccc2)CC1. The lowest BCUT2D eigenvalue weighted by Gasteiger charge is -2.36. The van der Waals surface area contributed by atoms with Crippen molar-refractivity contribution in [3.63, 3.8) is 0 Å². The highest BCUT2D eigenvalue weighted by Crippen LogP contribution is 2.15. The van der Waals surface area contributed by atoms with Crippen LogP contribution in [0.15, 0.2) is 30.3 Å². The number of benzene rings is 1. The Balaban J connectivity index is 1.76. The fourth-order valence-electron chi connectivity index (χ4n) is 2.70. The monoisotopic (exact) mass is 262 g/mol. The lowest BCUT2D eigenvalue weighted by molar-refractivity contribution is 0.0687. The molecule has 0 saturated carbocycles. The van der Waals surface area contributed by atoms with Crippen molar-refractivity contribution in [2.24, 2.45) is 5.92 Å². The van der Waals surface area contributed by atoms with Crippen molar-refractivity contribution >= 4 is 0 Å². The van der Waals surface area contributed by atoms with Crippen LogP contribution < -0.4 is 0 Å². The summed E-state index contributed by atoms with van der Waals surface area (Å²) in [4.78, 5) is 4.89. The van der Waals surface area contributed by atoms with Crippen LogP contribution in [0.4, 0.5) is 0 Å². The Kier molecular flexibility index (Phi) is 5.37. The van der Waals surface area contributed by atoms with Gasteiger partial charge in [0.2, 0.25) is 0 Å². The first kappa shape index (κ1) is 14.5. The van der Waals surface area contributed by atoms with Crippen molar-refractivity contribution in [2.75, 3.05) is 39.3 Å². The van der Waals surface area contributed by atoms with E-state index in [1.54, 1.807) is 0 Å². The molecule has 1 N–H and O–H groups in total. The predicted octanol–water partition coefficient (Wildman–Crippen LogP) is 1.99. The number of β-amino-alcohol motifs (C(OH)–C–C–N with tert-alkyl or cyclic N) is 1. The Morgan fingerprint density at radius 3 is 2.00 bits per heavy atom. The van der Waals surface area contributed by atoms with Gasteiger partial charge in [0.1, 0.15) is 0 Å². The molecule has 1 aromatic carbocycles. The fourth-order valence-corrected chi connectivity index (χ4v) is 2.70. The molecule has 0 amide bonds. The molecule has 1 atom stereocenters. The van der Waals surface area contributed by atoms with Crippen LogP contribution in [0.2, 0.25) is 0 Å². The predicted molar refractivity (Wildman–Crippen MR) is 79.1 cm³/mol. The summed E-state index contributed by atoms with van der Waals surface area (Å²) < 4.78 is 0. The molecule has 1 saturated heterocycles. The van der Waals surface area contributed by atoms with E-state index < -0.39 is 0 Å². The zero-order valence-electron chi connectivity index (χ0n) is 12.1. The number of rotatable bonds is 5. The first-order valence-corrected chi connectivity index (χ1v) is 7.33. The van der Waals surface area contributed by atoms with E-state index in [2.05, 4.69) is 23.6 Å². The summed E-state index contributed by atoms with van der Waals surface area (Å²) in [5, 5.41) is 10.2. The Morgan fingerprint density at radius 2 is 1.47 bits per heavy atom. The topological polar surface area (TPSA) is 26.7 Å². The summed E-state index contributed by atoms with van der Waals surface area (Å²) in [6.45, 7) is 10.9. The minimum absolute atomic E-state index is 0.363. The molecule has 2 rings (SSSR count). The first-order valence-electron chi connectivity index (χ1n) is 7.33. The van der Waals surface area contributed by atoms with E-state index in [4.69, 9.17) is 0 Å². The lowest BCUT2D eigenvalue weighted by Crippen LogP contribution is -2.48. The van der Waals surface area contributed by atoms with Crippen LogP contribution >= 0.6 is 0 Å². The smallest absolute Gasteiger partial charge is 0.0916 e. The lowest BCUT2D eigenvalue weighted by atomic mass is 10.1. The van der Waals surface area contributed by atoms with Gasteiger partial charge >= 0.3 is 0 Å². The van der Waals surface area contributed by atoms with Crippen LogP contribution in [-0.2, 0) is 0 Å². The molecule has 3 heteroatoms. The minimum Gasteiger partial charge on any atom is -0.387 e. The average Bonchev–Trinajstić information content (AvgIpc) is 2.41. The van der Waals surface area contributed by atoms with Gasteiger partial charge in [-0.15, -0.1) is 0 Å². The third-order valence-corrected chi connectivity index (χ3v) is 3.70. The molecular weight excluding hydrogens is 236 g/mol. The van der Waals surface area contributed by atoms with E-state index in [-0.39, 0.29) is 6.10 Å². The first-order chi connectivity index (χ1) is 9.15. The maximum Gasteiger partial charge on any atom is 0.0916 e. The fraction of sp³-hybridized carbons (Fsp3) is 0.625. The highest BCUT2D eigenvalue weighted by atomic mass is 16.3. The quantitative estimate of drug-likeness (QED) is 0.879. The molecule has 1 aliphatic heterocycles. The van der Waals surface area contributed by atoms with Crippen molar-refractivity contribution in [1.29, 1.82) is 0 Å². The van der Waals surface area contributed by atoms with Gasteiger partial charge in [0, 0.05) is 39.3 Å². The molecule has 1 heterocycles. The van der Waals surface area contributed by atoms with E-state index >= 15 is 0 Å². The Morgan fingerprint density at radius 1 is 0.947 bits per heavy atom. The molecule has 0 aliphatic carbocycles. The normalized spacial score (nSPS) is 19.8. The number of hydrogen-bond donors (Lipinski definition) is 1. The molecule has 0 aromatic heterocycles. The van der Waals surface area contributed by atoms with Gasteiger partial charge < -0.3 is 10.0 Å². The zero-order valence-corrected chi connectivity index (χ0v) is 12.1. The summed E-state index contributed by atoms with van der Waals surface area (Å²) in [6.07, 6.45) is -0.363. The molecule has 0 spiro atoms. The second-order valence-corrected chi connectivity index (χ2v) is 5.92. The van der Waals surface area contributed by atoms with E-state index in [0.29, 0.717) is 0 Å². The molecule has 0 radical (unpaired) electrons. The van der Waals surface area contributed by atoms with Crippen LogP contribution in [0.5, 0.6) is 0 Å². The second-order valence-electron chi connectivity index (χ2n) is 5.92. The third-order valence-electron chi connectivity index (χ3n) is 3.70. The number of aliphatic hydroxyl groups is 1. The number of hydrogen-bond acceptors (Lipinski definition) is 3. The minimum atomic E-state index is -0.363. The van der Waals surface area contributed by atoms with Gasteiger partial charge in [-0.25, -0.2) is 0 Å². The molecule has 1 aliphatic rings. The van der Waals surface area contributed by atoms with Crippen LogP contribution in [0.3, 0.4) is 0 Å². The standard InChI is InChI=1S/C16H26N2O/c1-14(2)12-17-8-10-18(11-9-17)13-16(19)15-6-4-3-5-7-15/h3-7,14,16,19H,8-13H2,1-2H3/t16-/m0/s1. The van der Waals surface area contributed by atoms with Gasteiger partial charge in [-0.2, -0.15) is 0 Å². The molecule has 0 unspecified atom stereocenters. The van der Waals surface area contributed by atoms with Crippen LogP contribution in [-0.4, -0.2) is 54.2 Å². The van der Waals surface area contributed by atoms with E-state index in [1.807, 2.05) is 30.3 Å². The number of aliphatic hydroxyl groups excluding tert-OH is 1. The molecule has 0 bridgehead atoms. The second kappa shape index (κ2) is 7.04. The molecular formula is C16H26N2O. The van der Waals surface area contributed by atoms with Crippen molar-refractivity contribution in [1.82, 2.24) is 9.80 Å². The van der Waals surface area contributed by atoms with Crippen LogP contribution in [0.25, 0.3) is 0 Å². The Labute approximate surface area is 116 Å². The largest absolute Gasteiger partial charge is 0.387 e. The van der Waals surface area contributed by atoms with Gasteiger partial charge in [0.05, 0.1) is 6.10 Å².